The molecule has 0 spiro atoms. The van der Waals surface area contributed by atoms with E-state index in [0.29, 0.717) is 19.3 Å². The van der Waals surface area contributed by atoms with E-state index in [-0.39, 0.29) is 37.5 Å². The SMILES string of the molecule is CC/C=C\C/C=C\C/C=C\C/C=C\C/C=C\CCCCCC(=O)OC[C@@H](COC(=O)CCCCCCCCC/C=C\CCCCCCCC)OC(=O)CCC/C=C\C/C=C\C/C=C\C/C=C\C/C=C\CC. The summed E-state index contributed by atoms with van der Waals surface area (Å²) in [5.41, 5.74) is 0. The lowest BCUT2D eigenvalue weighted by atomic mass is 10.1. The van der Waals surface area contributed by atoms with Crippen LogP contribution in [-0.2, 0) is 28.6 Å². The van der Waals surface area contributed by atoms with E-state index in [0.717, 1.165) is 116 Å². The average molecular weight is 982 g/mol. The number of carbonyl (C=O) groups is 3. The summed E-state index contributed by atoms with van der Waals surface area (Å²) in [7, 11) is 0. The molecule has 0 aliphatic carbocycles. The minimum atomic E-state index is -0.829. The molecule has 0 aliphatic heterocycles. The number of esters is 3. The molecule has 0 N–H and O–H groups in total. The number of allylic oxidation sites excluding steroid dienone is 22. The molecular formula is C65H104O6. The van der Waals surface area contributed by atoms with E-state index < -0.39 is 6.10 Å². The number of carbonyl (C=O) groups excluding carboxylic acids is 3. The minimum Gasteiger partial charge on any atom is -0.462 e. The summed E-state index contributed by atoms with van der Waals surface area (Å²) in [5, 5.41) is 0. The third kappa shape index (κ3) is 56.3. The lowest BCUT2D eigenvalue weighted by Crippen LogP contribution is -2.30. The van der Waals surface area contributed by atoms with Crippen molar-refractivity contribution >= 4 is 17.9 Å². The van der Waals surface area contributed by atoms with E-state index in [9.17, 15) is 14.4 Å². The first-order chi connectivity index (χ1) is 35.0. The van der Waals surface area contributed by atoms with Gasteiger partial charge in [-0.2, -0.15) is 0 Å². The van der Waals surface area contributed by atoms with Crippen molar-refractivity contribution in [2.45, 2.75) is 245 Å². The Hall–Kier alpha value is -4.45. The van der Waals surface area contributed by atoms with Crippen LogP contribution in [0.2, 0.25) is 0 Å². The molecule has 0 unspecified atom stereocenters. The Labute approximate surface area is 436 Å². The molecule has 0 aliphatic rings. The number of unbranched alkanes of at least 4 members (excludes halogenated alkanes) is 17. The molecule has 0 amide bonds. The highest BCUT2D eigenvalue weighted by Gasteiger charge is 2.19. The molecule has 0 bridgehead atoms. The average Bonchev–Trinajstić information content (AvgIpc) is 3.37. The molecule has 6 nitrogen and oxygen atoms in total. The van der Waals surface area contributed by atoms with Gasteiger partial charge in [0.1, 0.15) is 13.2 Å². The van der Waals surface area contributed by atoms with Crippen LogP contribution in [0.1, 0.15) is 239 Å². The van der Waals surface area contributed by atoms with Crippen LogP contribution >= 0.6 is 0 Å². The van der Waals surface area contributed by atoms with E-state index in [1.165, 1.54) is 77.0 Å². The Balaban J connectivity index is 4.56. The molecule has 0 radical (unpaired) electrons. The smallest absolute Gasteiger partial charge is 0.306 e. The normalized spacial score (nSPS) is 13.1. The second kappa shape index (κ2) is 58.1. The summed E-state index contributed by atoms with van der Waals surface area (Å²) >= 11 is 0. The number of hydrogen-bond donors (Lipinski definition) is 0. The molecule has 0 aromatic rings. The van der Waals surface area contributed by atoms with Crippen LogP contribution in [0.15, 0.2) is 134 Å². The highest BCUT2D eigenvalue weighted by molar-refractivity contribution is 5.71. The van der Waals surface area contributed by atoms with Crippen molar-refractivity contribution in [1.29, 1.82) is 0 Å². The summed E-state index contributed by atoms with van der Waals surface area (Å²) in [6.45, 7) is 6.32. The third-order valence-corrected chi connectivity index (χ3v) is 11.6. The zero-order chi connectivity index (χ0) is 51.4. The zero-order valence-corrected chi connectivity index (χ0v) is 45.7. The number of rotatable bonds is 50. The second-order valence-electron chi connectivity index (χ2n) is 18.4. The summed E-state index contributed by atoms with van der Waals surface area (Å²) in [6, 6.07) is 0. The molecule has 0 rings (SSSR count). The van der Waals surface area contributed by atoms with Gasteiger partial charge in [0.05, 0.1) is 0 Å². The first-order valence-corrected chi connectivity index (χ1v) is 28.7. The van der Waals surface area contributed by atoms with Crippen molar-refractivity contribution < 1.29 is 28.6 Å². The maximum Gasteiger partial charge on any atom is 0.306 e. The molecule has 0 saturated carbocycles. The third-order valence-electron chi connectivity index (χ3n) is 11.6. The molecule has 0 aromatic heterocycles. The van der Waals surface area contributed by atoms with Crippen molar-refractivity contribution in [3.8, 4) is 0 Å². The van der Waals surface area contributed by atoms with Gasteiger partial charge in [0.2, 0.25) is 0 Å². The maximum atomic E-state index is 12.8. The molecule has 6 heteroatoms. The van der Waals surface area contributed by atoms with Crippen molar-refractivity contribution in [2.75, 3.05) is 13.2 Å². The fraction of sp³-hybridized carbons (Fsp3) is 0.615. The number of hydrogen-bond acceptors (Lipinski definition) is 6. The van der Waals surface area contributed by atoms with Gasteiger partial charge in [-0.25, -0.2) is 0 Å². The van der Waals surface area contributed by atoms with Crippen LogP contribution in [-0.4, -0.2) is 37.2 Å². The molecule has 400 valence electrons. The zero-order valence-electron chi connectivity index (χ0n) is 45.7. The van der Waals surface area contributed by atoms with Crippen LogP contribution in [0.3, 0.4) is 0 Å². The fourth-order valence-corrected chi connectivity index (χ4v) is 7.38. The van der Waals surface area contributed by atoms with Gasteiger partial charge < -0.3 is 14.2 Å². The largest absolute Gasteiger partial charge is 0.462 e. The van der Waals surface area contributed by atoms with Crippen LogP contribution in [0.25, 0.3) is 0 Å². The van der Waals surface area contributed by atoms with Crippen molar-refractivity contribution in [1.82, 2.24) is 0 Å². The molecular weight excluding hydrogens is 877 g/mol. The highest BCUT2D eigenvalue weighted by atomic mass is 16.6. The Morgan fingerprint density at radius 2 is 0.563 bits per heavy atom. The van der Waals surface area contributed by atoms with Crippen molar-refractivity contribution in [3.05, 3.63) is 134 Å². The van der Waals surface area contributed by atoms with Gasteiger partial charge in [0.15, 0.2) is 6.10 Å². The van der Waals surface area contributed by atoms with Crippen LogP contribution < -0.4 is 0 Å². The van der Waals surface area contributed by atoms with Crippen molar-refractivity contribution in [2.24, 2.45) is 0 Å². The Morgan fingerprint density at radius 1 is 0.296 bits per heavy atom. The molecule has 1 atom stereocenters. The molecule has 71 heavy (non-hydrogen) atoms. The van der Waals surface area contributed by atoms with Crippen LogP contribution in [0, 0.1) is 0 Å². The molecule has 0 saturated heterocycles. The van der Waals surface area contributed by atoms with Gasteiger partial charge in [-0.1, -0.05) is 225 Å². The molecule has 0 aromatic carbocycles. The van der Waals surface area contributed by atoms with Gasteiger partial charge in [-0.05, 0) is 128 Å². The monoisotopic (exact) mass is 981 g/mol. The summed E-state index contributed by atoms with van der Waals surface area (Å²) in [4.78, 5) is 38.2. The first-order valence-electron chi connectivity index (χ1n) is 28.7. The summed E-state index contributed by atoms with van der Waals surface area (Å²) < 4.78 is 16.8. The Bertz CT molecular complexity index is 1550. The topological polar surface area (TPSA) is 78.9 Å². The minimum absolute atomic E-state index is 0.118. The quantitative estimate of drug-likeness (QED) is 0.0262. The standard InChI is InChI=1S/C65H104O6/c1-4-7-10-13-16-19-22-25-28-31-32-35-37-40-43-46-49-52-55-58-64(67)70-61-62(71-65(68)59-56-53-50-47-44-41-38-34-30-27-24-21-18-15-12-9-6-3)60-69-63(66)57-54-51-48-45-42-39-36-33-29-26-23-20-17-14-11-8-5-2/h7,9-10,12,16,18-19,21,25-30,32,35,38,40-41,43,47,50,62H,4-6,8,11,13-15,17,20,22-24,31,33-34,36-37,39,42,44-46,48-49,51-61H2,1-3H3/b10-7-,12-9-,19-16-,21-18-,28-25-,29-26-,30-27-,35-32-,41-38-,43-40-,50-47-/t62-/m1/s1. The Morgan fingerprint density at radius 3 is 0.930 bits per heavy atom. The second-order valence-corrected chi connectivity index (χ2v) is 18.4. The van der Waals surface area contributed by atoms with E-state index in [4.69, 9.17) is 14.2 Å². The van der Waals surface area contributed by atoms with Gasteiger partial charge in [0.25, 0.3) is 0 Å². The van der Waals surface area contributed by atoms with E-state index in [1.54, 1.807) is 0 Å². The first kappa shape index (κ1) is 66.6. The lowest BCUT2D eigenvalue weighted by Gasteiger charge is -2.18. The van der Waals surface area contributed by atoms with E-state index in [2.05, 4.69) is 154 Å². The van der Waals surface area contributed by atoms with Crippen LogP contribution in [0.5, 0.6) is 0 Å². The molecule has 0 fully saturated rings. The summed E-state index contributed by atoms with van der Waals surface area (Å²) in [5.74, 6) is -1.02. The van der Waals surface area contributed by atoms with Gasteiger partial charge in [-0.3, -0.25) is 14.4 Å². The van der Waals surface area contributed by atoms with Crippen molar-refractivity contribution in [3.63, 3.8) is 0 Å². The maximum absolute atomic E-state index is 12.8. The van der Waals surface area contributed by atoms with E-state index >= 15 is 0 Å². The predicted molar refractivity (Wildman–Crippen MR) is 306 cm³/mol. The van der Waals surface area contributed by atoms with Gasteiger partial charge >= 0.3 is 17.9 Å². The Kier molecular flexibility index (Phi) is 54.5. The predicted octanol–water partition coefficient (Wildman–Crippen LogP) is 19.4. The van der Waals surface area contributed by atoms with Crippen LogP contribution in [0.4, 0.5) is 0 Å². The van der Waals surface area contributed by atoms with Gasteiger partial charge in [0, 0.05) is 19.3 Å². The summed E-state index contributed by atoms with van der Waals surface area (Å²) in [6.07, 6.45) is 81.6. The van der Waals surface area contributed by atoms with Gasteiger partial charge in [-0.15, -0.1) is 0 Å². The highest BCUT2D eigenvalue weighted by Crippen LogP contribution is 2.13. The molecule has 0 heterocycles. The van der Waals surface area contributed by atoms with E-state index in [1.807, 2.05) is 0 Å². The fourth-order valence-electron chi connectivity index (χ4n) is 7.38. The number of ether oxygens (including phenoxy) is 3. The lowest BCUT2D eigenvalue weighted by molar-refractivity contribution is -0.167.